The van der Waals surface area contributed by atoms with Crippen molar-refractivity contribution in [3.63, 3.8) is 0 Å². The van der Waals surface area contributed by atoms with Crippen LogP contribution < -0.4 is 0 Å². The van der Waals surface area contributed by atoms with Crippen LogP contribution in [0.2, 0.25) is 0 Å². The van der Waals surface area contributed by atoms with Crippen molar-refractivity contribution in [2.45, 2.75) is 25.7 Å². The molecule has 1 aliphatic heterocycles. The van der Waals surface area contributed by atoms with E-state index in [0.29, 0.717) is 11.7 Å². The summed E-state index contributed by atoms with van der Waals surface area (Å²) in [5.74, 6) is 1.09. The second-order valence-corrected chi connectivity index (χ2v) is 4.62. The Labute approximate surface area is 91.5 Å². The van der Waals surface area contributed by atoms with Crippen molar-refractivity contribution in [3.8, 4) is 5.75 Å². The zero-order valence-corrected chi connectivity index (χ0v) is 9.53. The van der Waals surface area contributed by atoms with Crippen molar-refractivity contribution in [2.75, 3.05) is 20.1 Å². The molecule has 2 nitrogen and oxygen atoms in total. The van der Waals surface area contributed by atoms with Crippen LogP contribution in [-0.4, -0.2) is 30.1 Å². The molecule has 0 amide bonds. The van der Waals surface area contributed by atoms with Crippen LogP contribution in [0.1, 0.15) is 29.9 Å². The summed E-state index contributed by atoms with van der Waals surface area (Å²) < 4.78 is 0. The Hall–Kier alpha value is -1.02. The molecule has 1 N–H and O–H groups in total. The van der Waals surface area contributed by atoms with Gasteiger partial charge in [0.05, 0.1) is 0 Å². The number of hydrogen-bond acceptors (Lipinski definition) is 2. The Morgan fingerprint density at radius 3 is 2.53 bits per heavy atom. The summed E-state index contributed by atoms with van der Waals surface area (Å²) in [5.41, 5.74) is 2.38. The molecule has 0 aromatic heterocycles. The Bertz CT molecular complexity index is 340. The highest BCUT2D eigenvalue weighted by Gasteiger charge is 2.18. The zero-order chi connectivity index (χ0) is 10.8. The van der Waals surface area contributed by atoms with Gasteiger partial charge >= 0.3 is 0 Å². The van der Waals surface area contributed by atoms with E-state index in [9.17, 15) is 5.11 Å². The molecule has 15 heavy (non-hydrogen) atoms. The van der Waals surface area contributed by atoms with Gasteiger partial charge in [0.1, 0.15) is 5.75 Å². The van der Waals surface area contributed by atoms with Gasteiger partial charge in [-0.05, 0) is 63.0 Å². The average molecular weight is 205 g/mol. The number of piperidine rings is 1. The Morgan fingerprint density at radius 2 is 1.93 bits per heavy atom. The lowest BCUT2D eigenvalue weighted by atomic mass is 9.89. The van der Waals surface area contributed by atoms with E-state index < -0.39 is 0 Å². The van der Waals surface area contributed by atoms with Gasteiger partial charge in [-0.2, -0.15) is 0 Å². The summed E-state index contributed by atoms with van der Waals surface area (Å²) in [6, 6.07) is 6.02. The third kappa shape index (κ3) is 2.32. The quantitative estimate of drug-likeness (QED) is 0.761. The third-order valence-electron chi connectivity index (χ3n) is 3.41. The van der Waals surface area contributed by atoms with Gasteiger partial charge in [0, 0.05) is 0 Å². The smallest absolute Gasteiger partial charge is 0.118 e. The van der Waals surface area contributed by atoms with E-state index in [-0.39, 0.29) is 0 Å². The summed E-state index contributed by atoms with van der Waals surface area (Å²) in [7, 11) is 2.18. The van der Waals surface area contributed by atoms with Crippen molar-refractivity contribution >= 4 is 0 Å². The predicted octanol–water partition coefficient (Wildman–Crippen LogP) is 2.51. The van der Waals surface area contributed by atoms with E-state index >= 15 is 0 Å². The molecular formula is C13H19NO. The maximum atomic E-state index is 9.48. The highest BCUT2D eigenvalue weighted by atomic mass is 16.3. The fourth-order valence-electron chi connectivity index (χ4n) is 2.27. The van der Waals surface area contributed by atoms with Crippen LogP contribution in [0.4, 0.5) is 0 Å². The SMILES string of the molecule is Cc1cc(C2CCN(C)CC2)ccc1O. The molecule has 2 rings (SSSR count). The molecule has 1 aliphatic rings. The standard InChI is InChI=1S/C13H19NO/c1-10-9-12(3-4-13(10)15)11-5-7-14(2)8-6-11/h3-4,9,11,15H,5-8H2,1-2H3. The fraction of sp³-hybridized carbons (Fsp3) is 0.538. The number of likely N-dealkylation sites (tertiary alicyclic amines) is 1. The van der Waals surface area contributed by atoms with Crippen molar-refractivity contribution < 1.29 is 5.11 Å². The molecular weight excluding hydrogens is 186 g/mol. The number of hydrogen-bond donors (Lipinski definition) is 1. The topological polar surface area (TPSA) is 23.5 Å². The maximum Gasteiger partial charge on any atom is 0.118 e. The van der Waals surface area contributed by atoms with Crippen LogP contribution in [0.3, 0.4) is 0 Å². The molecule has 1 fully saturated rings. The predicted molar refractivity (Wildman–Crippen MR) is 62.3 cm³/mol. The lowest BCUT2D eigenvalue weighted by Gasteiger charge is -2.29. The van der Waals surface area contributed by atoms with E-state index in [4.69, 9.17) is 0 Å². The molecule has 82 valence electrons. The molecule has 0 spiro atoms. The van der Waals surface area contributed by atoms with Crippen LogP contribution in [0.5, 0.6) is 5.75 Å². The van der Waals surface area contributed by atoms with Crippen molar-refractivity contribution in [1.82, 2.24) is 4.90 Å². The van der Waals surface area contributed by atoms with Crippen molar-refractivity contribution in [3.05, 3.63) is 29.3 Å². The van der Waals surface area contributed by atoms with Crippen LogP contribution in [0.25, 0.3) is 0 Å². The summed E-state index contributed by atoms with van der Waals surface area (Å²) in [6.07, 6.45) is 2.47. The Balaban J connectivity index is 2.12. The molecule has 0 saturated carbocycles. The van der Waals surface area contributed by atoms with Gasteiger partial charge < -0.3 is 10.0 Å². The first-order valence-electron chi connectivity index (χ1n) is 5.65. The normalized spacial score (nSPS) is 19.3. The third-order valence-corrected chi connectivity index (χ3v) is 3.41. The Morgan fingerprint density at radius 1 is 1.27 bits per heavy atom. The second-order valence-electron chi connectivity index (χ2n) is 4.62. The number of rotatable bonds is 1. The minimum Gasteiger partial charge on any atom is -0.508 e. The monoisotopic (exact) mass is 205 g/mol. The van der Waals surface area contributed by atoms with E-state index in [1.54, 1.807) is 0 Å². The molecule has 0 atom stereocenters. The lowest BCUT2D eigenvalue weighted by Crippen LogP contribution is -2.29. The number of nitrogens with zero attached hydrogens (tertiary/aromatic N) is 1. The van der Waals surface area contributed by atoms with Gasteiger partial charge in [0.15, 0.2) is 0 Å². The van der Waals surface area contributed by atoms with Gasteiger partial charge in [-0.1, -0.05) is 12.1 Å². The highest BCUT2D eigenvalue weighted by molar-refractivity contribution is 5.36. The van der Waals surface area contributed by atoms with Crippen LogP contribution >= 0.6 is 0 Å². The van der Waals surface area contributed by atoms with Gasteiger partial charge in [0.25, 0.3) is 0 Å². The molecule has 0 aliphatic carbocycles. The first kappa shape index (κ1) is 10.5. The summed E-state index contributed by atoms with van der Waals surface area (Å²) in [6.45, 7) is 4.34. The van der Waals surface area contributed by atoms with Gasteiger partial charge in [-0.15, -0.1) is 0 Å². The van der Waals surface area contributed by atoms with E-state index in [1.807, 2.05) is 13.0 Å². The minimum atomic E-state index is 0.409. The van der Waals surface area contributed by atoms with Gasteiger partial charge in [0.2, 0.25) is 0 Å². The van der Waals surface area contributed by atoms with Crippen LogP contribution in [0.15, 0.2) is 18.2 Å². The zero-order valence-electron chi connectivity index (χ0n) is 9.53. The number of benzene rings is 1. The summed E-state index contributed by atoms with van der Waals surface area (Å²) in [5, 5.41) is 9.48. The van der Waals surface area contributed by atoms with Crippen LogP contribution in [-0.2, 0) is 0 Å². The first-order chi connectivity index (χ1) is 7.16. The molecule has 0 radical (unpaired) electrons. The van der Waals surface area contributed by atoms with E-state index in [1.165, 1.54) is 31.5 Å². The van der Waals surface area contributed by atoms with E-state index in [0.717, 1.165) is 5.56 Å². The Kier molecular flexibility index (Phi) is 2.96. The molecule has 1 aromatic rings. The van der Waals surface area contributed by atoms with E-state index in [2.05, 4.69) is 24.1 Å². The molecule has 1 heterocycles. The molecule has 0 bridgehead atoms. The van der Waals surface area contributed by atoms with Crippen LogP contribution in [0, 0.1) is 6.92 Å². The maximum absolute atomic E-state index is 9.48. The van der Waals surface area contributed by atoms with Gasteiger partial charge in [-0.3, -0.25) is 0 Å². The first-order valence-corrected chi connectivity index (χ1v) is 5.65. The molecule has 1 aromatic carbocycles. The second kappa shape index (κ2) is 4.23. The largest absolute Gasteiger partial charge is 0.508 e. The van der Waals surface area contributed by atoms with Crippen molar-refractivity contribution in [1.29, 1.82) is 0 Å². The number of aromatic hydroxyl groups is 1. The molecule has 2 heteroatoms. The highest BCUT2D eigenvalue weighted by Crippen LogP contribution is 2.30. The summed E-state index contributed by atoms with van der Waals surface area (Å²) >= 11 is 0. The number of aryl methyl sites for hydroxylation is 1. The average Bonchev–Trinajstić information content (AvgIpc) is 2.23. The lowest BCUT2D eigenvalue weighted by molar-refractivity contribution is 0.255. The number of phenols is 1. The number of phenolic OH excluding ortho intramolecular Hbond substituents is 1. The molecule has 0 unspecified atom stereocenters. The van der Waals surface area contributed by atoms with Crippen molar-refractivity contribution in [2.24, 2.45) is 0 Å². The minimum absolute atomic E-state index is 0.409. The van der Waals surface area contributed by atoms with Gasteiger partial charge in [-0.25, -0.2) is 0 Å². The molecule has 1 saturated heterocycles. The fourth-order valence-corrected chi connectivity index (χ4v) is 2.27. The summed E-state index contributed by atoms with van der Waals surface area (Å²) in [4.78, 5) is 2.38.